The standard InChI is InChI=1S/C12H24N2O3/c1-13-11(15)17-8-10-4-6-12(9-16-2)5-3-7-14(10)12/h10-11,13,15H,3-9H2,1-2H3/t10-,11?,12-/m1/s1. The zero-order valence-electron chi connectivity index (χ0n) is 10.8. The third-order valence-corrected chi connectivity index (χ3v) is 4.14. The van der Waals surface area contributed by atoms with Crippen LogP contribution in [0.2, 0.25) is 0 Å². The molecule has 0 aromatic carbocycles. The predicted octanol–water partition coefficient (Wildman–Crippen LogP) is 0.142. The molecule has 1 unspecified atom stereocenters. The molecule has 5 heteroatoms. The van der Waals surface area contributed by atoms with E-state index in [0.29, 0.717) is 12.6 Å². The maximum Gasteiger partial charge on any atom is 0.213 e. The first kappa shape index (κ1) is 13.2. The smallest absolute Gasteiger partial charge is 0.213 e. The Kier molecular flexibility index (Phi) is 4.38. The zero-order valence-corrected chi connectivity index (χ0v) is 10.8. The van der Waals surface area contributed by atoms with Crippen LogP contribution in [0.1, 0.15) is 25.7 Å². The van der Waals surface area contributed by atoms with Crippen molar-refractivity contribution in [2.45, 2.75) is 43.7 Å². The number of ether oxygens (including phenoxy) is 2. The maximum absolute atomic E-state index is 9.35. The van der Waals surface area contributed by atoms with Crippen molar-refractivity contribution in [3.05, 3.63) is 0 Å². The number of hydrogen-bond acceptors (Lipinski definition) is 5. The summed E-state index contributed by atoms with van der Waals surface area (Å²) in [5, 5.41) is 12.0. The van der Waals surface area contributed by atoms with E-state index in [1.807, 2.05) is 0 Å². The van der Waals surface area contributed by atoms with Crippen molar-refractivity contribution in [1.29, 1.82) is 0 Å². The van der Waals surface area contributed by atoms with E-state index in [4.69, 9.17) is 9.47 Å². The normalized spacial score (nSPS) is 35.1. The molecule has 0 aromatic heterocycles. The first-order valence-electron chi connectivity index (χ1n) is 6.44. The topological polar surface area (TPSA) is 54.0 Å². The van der Waals surface area contributed by atoms with Gasteiger partial charge in [0.05, 0.1) is 13.2 Å². The van der Waals surface area contributed by atoms with E-state index in [0.717, 1.165) is 19.6 Å². The molecule has 2 rings (SSSR count). The lowest BCUT2D eigenvalue weighted by Crippen LogP contribution is -2.47. The highest BCUT2D eigenvalue weighted by molar-refractivity contribution is 5.04. The third kappa shape index (κ3) is 2.63. The van der Waals surface area contributed by atoms with Gasteiger partial charge < -0.3 is 14.6 Å². The van der Waals surface area contributed by atoms with E-state index < -0.39 is 6.41 Å². The number of aliphatic hydroxyl groups is 1. The van der Waals surface area contributed by atoms with Crippen molar-refractivity contribution in [1.82, 2.24) is 10.2 Å². The highest BCUT2D eigenvalue weighted by Crippen LogP contribution is 2.42. The second-order valence-electron chi connectivity index (χ2n) is 5.12. The molecular weight excluding hydrogens is 220 g/mol. The molecule has 0 radical (unpaired) electrons. The van der Waals surface area contributed by atoms with E-state index in [9.17, 15) is 5.11 Å². The summed E-state index contributed by atoms with van der Waals surface area (Å²) in [5.74, 6) is 0. The quantitative estimate of drug-likeness (QED) is 0.651. The van der Waals surface area contributed by atoms with Gasteiger partial charge in [0, 0.05) is 18.7 Å². The van der Waals surface area contributed by atoms with Crippen LogP contribution in [0.4, 0.5) is 0 Å². The SMILES string of the molecule is CNC(O)OC[C@H]1CC[C@@]2(COC)CCCN12. The van der Waals surface area contributed by atoms with Crippen LogP contribution in [0.15, 0.2) is 0 Å². The van der Waals surface area contributed by atoms with Crippen LogP contribution in [0, 0.1) is 0 Å². The Morgan fingerprint density at radius 3 is 3.06 bits per heavy atom. The number of methoxy groups -OCH3 is 1. The molecule has 100 valence electrons. The second-order valence-corrected chi connectivity index (χ2v) is 5.12. The summed E-state index contributed by atoms with van der Waals surface area (Å²) in [6.07, 6.45) is 3.94. The minimum absolute atomic E-state index is 0.243. The predicted molar refractivity (Wildman–Crippen MR) is 64.6 cm³/mol. The molecule has 5 nitrogen and oxygen atoms in total. The van der Waals surface area contributed by atoms with Gasteiger partial charge in [0.1, 0.15) is 0 Å². The molecule has 0 aliphatic carbocycles. The summed E-state index contributed by atoms with van der Waals surface area (Å²) >= 11 is 0. The fraction of sp³-hybridized carbons (Fsp3) is 1.00. The van der Waals surface area contributed by atoms with Crippen LogP contribution in [-0.4, -0.2) is 61.9 Å². The van der Waals surface area contributed by atoms with Crippen molar-refractivity contribution < 1.29 is 14.6 Å². The van der Waals surface area contributed by atoms with Crippen molar-refractivity contribution >= 4 is 0 Å². The zero-order chi connectivity index (χ0) is 12.3. The van der Waals surface area contributed by atoms with Gasteiger partial charge in [0.2, 0.25) is 6.41 Å². The fourth-order valence-corrected chi connectivity index (χ4v) is 3.34. The summed E-state index contributed by atoms with van der Waals surface area (Å²) < 4.78 is 10.7. The van der Waals surface area contributed by atoms with E-state index in [-0.39, 0.29) is 5.54 Å². The van der Waals surface area contributed by atoms with Crippen molar-refractivity contribution in [3.8, 4) is 0 Å². The number of rotatable bonds is 6. The Balaban J connectivity index is 1.89. The van der Waals surface area contributed by atoms with Crippen LogP contribution in [-0.2, 0) is 9.47 Å². The monoisotopic (exact) mass is 244 g/mol. The second kappa shape index (κ2) is 5.63. The van der Waals surface area contributed by atoms with Crippen molar-refractivity contribution in [3.63, 3.8) is 0 Å². The lowest BCUT2D eigenvalue weighted by atomic mass is 9.95. The van der Waals surface area contributed by atoms with Gasteiger partial charge in [-0.15, -0.1) is 0 Å². The third-order valence-electron chi connectivity index (χ3n) is 4.14. The van der Waals surface area contributed by atoms with Gasteiger partial charge in [0.25, 0.3) is 0 Å². The van der Waals surface area contributed by atoms with Gasteiger partial charge in [-0.25, -0.2) is 0 Å². The number of nitrogens with zero attached hydrogens (tertiary/aromatic N) is 1. The van der Waals surface area contributed by atoms with Gasteiger partial charge >= 0.3 is 0 Å². The molecule has 2 fully saturated rings. The number of hydrogen-bond donors (Lipinski definition) is 2. The Morgan fingerprint density at radius 1 is 1.53 bits per heavy atom. The molecule has 3 atom stereocenters. The summed E-state index contributed by atoms with van der Waals surface area (Å²) in [5.41, 5.74) is 0.243. The van der Waals surface area contributed by atoms with E-state index >= 15 is 0 Å². The van der Waals surface area contributed by atoms with E-state index in [1.165, 1.54) is 19.3 Å². The number of fused-ring (bicyclic) bond motifs is 1. The molecular formula is C12H24N2O3. The van der Waals surface area contributed by atoms with E-state index in [1.54, 1.807) is 14.2 Å². The molecule has 0 aromatic rings. The van der Waals surface area contributed by atoms with Crippen molar-refractivity contribution in [2.75, 3.05) is 33.9 Å². The highest BCUT2D eigenvalue weighted by atomic mass is 16.6. The van der Waals surface area contributed by atoms with Crippen molar-refractivity contribution in [2.24, 2.45) is 0 Å². The van der Waals surface area contributed by atoms with Gasteiger partial charge in [-0.1, -0.05) is 0 Å². The van der Waals surface area contributed by atoms with Gasteiger partial charge in [0.15, 0.2) is 0 Å². The Bertz CT molecular complexity index is 252. The summed E-state index contributed by atoms with van der Waals surface area (Å²) in [4.78, 5) is 2.53. The lowest BCUT2D eigenvalue weighted by Gasteiger charge is -2.34. The fourth-order valence-electron chi connectivity index (χ4n) is 3.34. The first-order valence-corrected chi connectivity index (χ1v) is 6.44. The minimum atomic E-state index is -0.852. The average molecular weight is 244 g/mol. The Hall–Kier alpha value is -0.200. The van der Waals surface area contributed by atoms with E-state index in [2.05, 4.69) is 10.2 Å². The van der Waals surface area contributed by atoms with Crippen LogP contribution in [0.3, 0.4) is 0 Å². The summed E-state index contributed by atoms with van der Waals surface area (Å²) in [7, 11) is 3.46. The lowest BCUT2D eigenvalue weighted by molar-refractivity contribution is -0.129. The minimum Gasteiger partial charge on any atom is -0.383 e. The Morgan fingerprint density at radius 2 is 2.35 bits per heavy atom. The molecule has 0 bridgehead atoms. The maximum atomic E-state index is 9.35. The number of aliphatic hydroxyl groups excluding tert-OH is 1. The largest absolute Gasteiger partial charge is 0.383 e. The number of nitrogens with one attached hydrogen (secondary N) is 1. The highest BCUT2D eigenvalue weighted by Gasteiger charge is 2.49. The van der Waals surface area contributed by atoms with Crippen LogP contribution >= 0.6 is 0 Å². The average Bonchev–Trinajstić information content (AvgIpc) is 2.85. The summed E-state index contributed by atoms with van der Waals surface area (Å²) in [6, 6.07) is 0.427. The first-order chi connectivity index (χ1) is 8.22. The van der Waals surface area contributed by atoms with Gasteiger partial charge in [-0.3, -0.25) is 10.2 Å². The Labute approximate surface area is 103 Å². The van der Waals surface area contributed by atoms with Crippen LogP contribution in [0.25, 0.3) is 0 Å². The molecule has 2 aliphatic heterocycles. The molecule has 2 saturated heterocycles. The molecule has 0 spiro atoms. The molecule has 2 heterocycles. The summed E-state index contributed by atoms with van der Waals surface area (Å²) in [6.45, 7) is 2.54. The molecule has 17 heavy (non-hydrogen) atoms. The molecule has 2 N–H and O–H groups in total. The molecule has 2 aliphatic rings. The molecule has 0 amide bonds. The molecule has 0 saturated carbocycles. The van der Waals surface area contributed by atoms with Gasteiger partial charge in [-0.05, 0) is 39.3 Å². The van der Waals surface area contributed by atoms with Crippen LogP contribution in [0.5, 0.6) is 0 Å². The van der Waals surface area contributed by atoms with Crippen LogP contribution < -0.4 is 5.32 Å². The van der Waals surface area contributed by atoms with Gasteiger partial charge in [-0.2, -0.15) is 0 Å².